The molecule has 2 heterocycles. The van der Waals surface area contributed by atoms with Crippen molar-refractivity contribution in [3.05, 3.63) is 68.9 Å². The van der Waals surface area contributed by atoms with E-state index >= 15 is 0 Å². The van der Waals surface area contributed by atoms with Crippen molar-refractivity contribution in [1.29, 1.82) is 0 Å². The first-order valence-electron chi connectivity index (χ1n) is 10.0. The Kier molecular flexibility index (Phi) is 6.21. The molecule has 2 aromatic rings. The summed E-state index contributed by atoms with van der Waals surface area (Å²) < 4.78 is 0.975. The molecule has 2 aliphatic rings. The molecule has 1 fully saturated rings. The Morgan fingerprint density at radius 2 is 1.90 bits per heavy atom. The van der Waals surface area contributed by atoms with E-state index < -0.39 is 0 Å². The number of carbonyl (C=O) groups excluding carboxylic acids is 2. The number of likely N-dealkylation sites (N-methyl/N-ethyl adjacent to an activating group) is 1. The maximum absolute atomic E-state index is 12.4. The summed E-state index contributed by atoms with van der Waals surface area (Å²) >= 11 is 2.18. The molecule has 6 nitrogen and oxygen atoms in total. The molecule has 0 aliphatic carbocycles. The standard InChI is InChI=1S/C23H25IN4O2/c1-27(2)18-9-10-28(14-18)13-15-3-6-17(7-4-15)25-12-21-20-11-16(24)5-8-19(20)22(29)26-23(21)30/h3-8,11-12,18,25H,9-10,13-14H2,1-2H3,(H,26,29,30). The Hall–Kier alpha value is -2.23. The van der Waals surface area contributed by atoms with Gasteiger partial charge in [-0.2, -0.15) is 0 Å². The molecule has 4 rings (SSSR count). The van der Waals surface area contributed by atoms with E-state index in [-0.39, 0.29) is 11.8 Å². The van der Waals surface area contributed by atoms with Crippen LogP contribution >= 0.6 is 22.6 Å². The van der Waals surface area contributed by atoms with E-state index in [4.69, 9.17) is 0 Å². The molecule has 0 bridgehead atoms. The van der Waals surface area contributed by atoms with Crippen LogP contribution in [-0.2, 0) is 11.3 Å². The van der Waals surface area contributed by atoms with Crippen LogP contribution in [-0.4, -0.2) is 54.8 Å². The first kappa shape index (κ1) is 21.0. The summed E-state index contributed by atoms with van der Waals surface area (Å²) in [5.74, 6) is -0.741. The molecule has 2 aliphatic heterocycles. The lowest BCUT2D eigenvalue weighted by molar-refractivity contribution is -0.114. The Morgan fingerprint density at radius 1 is 1.13 bits per heavy atom. The second-order valence-corrected chi connectivity index (χ2v) is 9.26. The number of amides is 2. The summed E-state index contributed by atoms with van der Waals surface area (Å²) in [5.41, 5.74) is 3.80. The smallest absolute Gasteiger partial charge is 0.260 e. The van der Waals surface area contributed by atoms with E-state index in [9.17, 15) is 9.59 Å². The van der Waals surface area contributed by atoms with Crippen LogP contribution in [0.15, 0.2) is 48.7 Å². The molecule has 30 heavy (non-hydrogen) atoms. The van der Waals surface area contributed by atoms with E-state index in [0.717, 1.165) is 28.9 Å². The van der Waals surface area contributed by atoms with Gasteiger partial charge in [0.2, 0.25) is 0 Å². The molecule has 1 atom stereocenters. The normalized spacial score (nSPS) is 20.5. The maximum Gasteiger partial charge on any atom is 0.260 e. The lowest BCUT2D eigenvalue weighted by Crippen LogP contribution is -2.36. The molecule has 1 unspecified atom stereocenters. The van der Waals surface area contributed by atoms with Gasteiger partial charge in [0.1, 0.15) is 0 Å². The number of fused-ring (bicyclic) bond motifs is 1. The zero-order valence-corrected chi connectivity index (χ0v) is 19.3. The first-order valence-corrected chi connectivity index (χ1v) is 11.1. The SMILES string of the molecule is CN(C)C1CCN(Cc2ccc(NC=C3C(=O)NC(=O)c4ccc(I)cc43)cc2)C1. The highest BCUT2D eigenvalue weighted by Crippen LogP contribution is 2.26. The van der Waals surface area contributed by atoms with Crippen molar-refractivity contribution in [2.45, 2.75) is 19.0 Å². The molecular formula is C23H25IN4O2. The fraction of sp³-hybridized carbons (Fsp3) is 0.304. The van der Waals surface area contributed by atoms with Crippen LogP contribution in [0.4, 0.5) is 5.69 Å². The molecule has 2 amide bonds. The number of halogens is 1. The number of hydrogen-bond donors (Lipinski definition) is 2. The maximum atomic E-state index is 12.4. The lowest BCUT2D eigenvalue weighted by atomic mass is 9.95. The largest absolute Gasteiger partial charge is 0.361 e. The Bertz CT molecular complexity index is 1000. The molecule has 0 spiro atoms. The van der Waals surface area contributed by atoms with Crippen LogP contribution in [0.25, 0.3) is 5.57 Å². The third kappa shape index (κ3) is 4.58. The molecule has 156 valence electrons. The first-order chi connectivity index (χ1) is 14.4. The van der Waals surface area contributed by atoms with E-state index in [1.165, 1.54) is 12.0 Å². The number of nitrogens with one attached hydrogen (secondary N) is 2. The molecular weight excluding hydrogens is 491 g/mol. The average molecular weight is 516 g/mol. The van der Waals surface area contributed by atoms with Gasteiger partial charge in [-0.25, -0.2) is 0 Å². The fourth-order valence-electron chi connectivity index (χ4n) is 3.94. The third-order valence-corrected chi connectivity index (χ3v) is 6.38. The van der Waals surface area contributed by atoms with Gasteiger partial charge in [0.25, 0.3) is 11.8 Å². The zero-order chi connectivity index (χ0) is 21.3. The van der Waals surface area contributed by atoms with Gasteiger partial charge >= 0.3 is 0 Å². The third-order valence-electron chi connectivity index (χ3n) is 5.71. The van der Waals surface area contributed by atoms with Crippen molar-refractivity contribution in [1.82, 2.24) is 15.1 Å². The monoisotopic (exact) mass is 516 g/mol. The van der Waals surface area contributed by atoms with Gasteiger partial charge in [-0.1, -0.05) is 12.1 Å². The van der Waals surface area contributed by atoms with Gasteiger partial charge in [-0.3, -0.25) is 19.8 Å². The van der Waals surface area contributed by atoms with Crippen molar-refractivity contribution < 1.29 is 9.59 Å². The number of hydrogen-bond acceptors (Lipinski definition) is 5. The van der Waals surface area contributed by atoms with Crippen LogP contribution in [0.3, 0.4) is 0 Å². The molecule has 0 aromatic heterocycles. The van der Waals surface area contributed by atoms with Crippen LogP contribution in [0, 0.1) is 3.57 Å². The predicted octanol–water partition coefficient (Wildman–Crippen LogP) is 3.15. The average Bonchev–Trinajstić information content (AvgIpc) is 3.17. The molecule has 2 N–H and O–H groups in total. The Balaban J connectivity index is 1.45. The van der Waals surface area contributed by atoms with Crippen LogP contribution < -0.4 is 10.6 Å². The number of benzene rings is 2. The number of imide groups is 1. The molecule has 0 saturated carbocycles. The summed E-state index contributed by atoms with van der Waals surface area (Å²) in [5, 5.41) is 5.61. The number of anilines is 1. The predicted molar refractivity (Wildman–Crippen MR) is 127 cm³/mol. The van der Waals surface area contributed by atoms with Crippen molar-refractivity contribution in [2.24, 2.45) is 0 Å². The van der Waals surface area contributed by atoms with E-state index in [0.29, 0.717) is 22.7 Å². The number of nitrogens with zero attached hydrogens (tertiary/aromatic N) is 2. The fourth-order valence-corrected chi connectivity index (χ4v) is 4.43. The zero-order valence-electron chi connectivity index (χ0n) is 17.1. The highest BCUT2D eigenvalue weighted by molar-refractivity contribution is 14.1. The van der Waals surface area contributed by atoms with Gasteiger partial charge in [-0.05, 0) is 79.0 Å². The van der Waals surface area contributed by atoms with Crippen molar-refractivity contribution >= 4 is 45.7 Å². The Morgan fingerprint density at radius 3 is 2.60 bits per heavy atom. The number of rotatable bonds is 5. The number of carbonyl (C=O) groups is 2. The molecule has 2 aromatic carbocycles. The van der Waals surface area contributed by atoms with Crippen LogP contribution in [0.5, 0.6) is 0 Å². The minimum Gasteiger partial charge on any atom is -0.361 e. The van der Waals surface area contributed by atoms with Crippen LogP contribution in [0.2, 0.25) is 0 Å². The van der Waals surface area contributed by atoms with E-state index in [1.54, 1.807) is 12.3 Å². The summed E-state index contributed by atoms with van der Waals surface area (Å²) in [4.78, 5) is 29.2. The van der Waals surface area contributed by atoms with Gasteiger partial charge in [0, 0.05) is 52.3 Å². The lowest BCUT2D eigenvalue weighted by Gasteiger charge is -2.20. The van der Waals surface area contributed by atoms with Gasteiger partial charge in [0.15, 0.2) is 0 Å². The van der Waals surface area contributed by atoms with Gasteiger partial charge in [-0.15, -0.1) is 0 Å². The van der Waals surface area contributed by atoms with E-state index in [1.807, 2.05) is 24.3 Å². The molecule has 1 saturated heterocycles. The minimum atomic E-state index is -0.386. The van der Waals surface area contributed by atoms with Gasteiger partial charge < -0.3 is 10.2 Å². The van der Waals surface area contributed by atoms with Crippen LogP contribution in [0.1, 0.15) is 27.9 Å². The number of likely N-dealkylation sites (tertiary alicyclic amines) is 1. The highest BCUT2D eigenvalue weighted by atomic mass is 127. The van der Waals surface area contributed by atoms with Crippen molar-refractivity contribution in [3.63, 3.8) is 0 Å². The summed E-state index contributed by atoms with van der Waals surface area (Å²) in [6.45, 7) is 3.17. The topological polar surface area (TPSA) is 64.7 Å². The Labute approximate surface area is 190 Å². The van der Waals surface area contributed by atoms with Crippen molar-refractivity contribution in [3.8, 4) is 0 Å². The second-order valence-electron chi connectivity index (χ2n) is 8.01. The highest BCUT2D eigenvalue weighted by Gasteiger charge is 2.27. The summed E-state index contributed by atoms with van der Waals surface area (Å²) in [6.07, 6.45) is 2.89. The molecule has 0 radical (unpaired) electrons. The minimum absolute atomic E-state index is 0.355. The summed E-state index contributed by atoms with van der Waals surface area (Å²) in [7, 11) is 4.29. The second kappa shape index (κ2) is 8.87. The molecule has 7 heteroatoms. The summed E-state index contributed by atoms with van der Waals surface area (Å²) in [6, 6.07) is 14.4. The quantitative estimate of drug-likeness (QED) is 0.363. The van der Waals surface area contributed by atoms with E-state index in [2.05, 4.69) is 69.3 Å². The van der Waals surface area contributed by atoms with Gasteiger partial charge in [0.05, 0.1) is 5.57 Å². The van der Waals surface area contributed by atoms with Crippen molar-refractivity contribution in [2.75, 3.05) is 32.5 Å².